The molecule has 1 rings (SSSR count). The van der Waals surface area contributed by atoms with Crippen LogP contribution in [0.4, 0.5) is 0 Å². The number of hydrogen-bond donors (Lipinski definition) is 0. The monoisotopic (exact) mass is 163 g/mol. The SMILES string of the molecule is CC(C)CC(=O)c1cccnc1. The number of carbonyl (C=O) groups excluding carboxylic acids is 1. The van der Waals surface area contributed by atoms with Gasteiger partial charge in [0.1, 0.15) is 0 Å². The maximum Gasteiger partial charge on any atom is 0.164 e. The highest BCUT2D eigenvalue weighted by molar-refractivity contribution is 5.95. The number of aromatic nitrogens is 1. The average Bonchev–Trinajstić information content (AvgIpc) is 2.05. The first-order valence-electron chi connectivity index (χ1n) is 4.13. The Morgan fingerprint density at radius 2 is 2.33 bits per heavy atom. The smallest absolute Gasteiger partial charge is 0.164 e. The van der Waals surface area contributed by atoms with Crippen molar-refractivity contribution < 1.29 is 4.79 Å². The molecule has 0 unspecified atom stereocenters. The van der Waals surface area contributed by atoms with Crippen LogP contribution in [0.1, 0.15) is 30.6 Å². The van der Waals surface area contributed by atoms with Gasteiger partial charge in [0.15, 0.2) is 5.78 Å². The summed E-state index contributed by atoms with van der Waals surface area (Å²) in [5, 5.41) is 0. The first kappa shape index (κ1) is 8.91. The zero-order valence-electron chi connectivity index (χ0n) is 7.45. The topological polar surface area (TPSA) is 30.0 Å². The lowest BCUT2D eigenvalue weighted by Crippen LogP contribution is -2.03. The molecule has 0 aromatic carbocycles. The van der Waals surface area contributed by atoms with Gasteiger partial charge in [0.05, 0.1) is 0 Å². The van der Waals surface area contributed by atoms with Crippen molar-refractivity contribution in [1.29, 1.82) is 0 Å². The van der Waals surface area contributed by atoms with Crippen LogP contribution in [0.25, 0.3) is 0 Å². The van der Waals surface area contributed by atoms with Gasteiger partial charge in [0.2, 0.25) is 0 Å². The molecule has 0 bridgehead atoms. The summed E-state index contributed by atoms with van der Waals surface area (Å²) in [6.45, 7) is 4.07. The molecule has 0 aliphatic heterocycles. The summed E-state index contributed by atoms with van der Waals surface area (Å²) in [7, 11) is 0. The van der Waals surface area contributed by atoms with Crippen molar-refractivity contribution in [1.82, 2.24) is 4.98 Å². The van der Waals surface area contributed by atoms with Crippen molar-refractivity contribution in [3.63, 3.8) is 0 Å². The van der Waals surface area contributed by atoms with Gasteiger partial charge in [-0.05, 0) is 18.1 Å². The largest absolute Gasteiger partial charge is 0.294 e. The molecule has 0 aliphatic carbocycles. The van der Waals surface area contributed by atoms with Crippen LogP contribution in [0.5, 0.6) is 0 Å². The fraction of sp³-hybridized carbons (Fsp3) is 0.400. The second-order valence-electron chi connectivity index (χ2n) is 3.26. The molecule has 12 heavy (non-hydrogen) atoms. The molecule has 0 N–H and O–H groups in total. The molecule has 1 aromatic heterocycles. The number of Topliss-reactive ketones (excluding diaryl/α,β-unsaturated/α-hetero) is 1. The maximum atomic E-state index is 11.4. The van der Waals surface area contributed by atoms with Crippen molar-refractivity contribution in [3.05, 3.63) is 30.1 Å². The van der Waals surface area contributed by atoms with Crippen LogP contribution in [0, 0.1) is 5.92 Å². The van der Waals surface area contributed by atoms with Crippen LogP contribution in [0.2, 0.25) is 0 Å². The van der Waals surface area contributed by atoms with Crippen LogP contribution < -0.4 is 0 Å². The highest BCUT2D eigenvalue weighted by atomic mass is 16.1. The van der Waals surface area contributed by atoms with Crippen molar-refractivity contribution in [2.24, 2.45) is 5.92 Å². The van der Waals surface area contributed by atoms with E-state index in [4.69, 9.17) is 0 Å². The number of nitrogens with zero attached hydrogens (tertiary/aromatic N) is 1. The summed E-state index contributed by atoms with van der Waals surface area (Å²) in [6.07, 6.45) is 3.89. The molecule has 0 saturated heterocycles. The Morgan fingerprint density at radius 1 is 1.58 bits per heavy atom. The number of ketones is 1. The van der Waals surface area contributed by atoms with Gasteiger partial charge in [0, 0.05) is 24.4 Å². The third kappa shape index (κ3) is 2.46. The lowest BCUT2D eigenvalue weighted by atomic mass is 10.0. The van der Waals surface area contributed by atoms with Crippen molar-refractivity contribution >= 4 is 5.78 Å². The third-order valence-electron chi connectivity index (χ3n) is 1.58. The zero-order chi connectivity index (χ0) is 8.97. The Bertz CT molecular complexity index is 254. The van der Waals surface area contributed by atoms with Gasteiger partial charge in [-0.15, -0.1) is 0 Å². The van der Waals surface area contributed by atoms with E-state index in [9.17, 15) is 4.79 Å². The Balaban J connectivity index is 2.66. The maximum absolute atomic E-state index is 11.4. The van der Waals surface area contributed by atoms with Gasteiger partial charge in [0.25, 0.3) is 0 Å². The zero-order valence-corrected chi connectivity index (χ0v) is 7.45. The lowest BCUT2D eigenvalue weighted by Gasteiger charge is -2.02. The minimum Gasteiger partial charge on any atom is -0.294 e. The van der Waals surface area contributed by atoms with E-state index < -0.39 is 0 Å². The molecule has 64 valence electrons. The summed E-state index contributed by atoms with van der Waals surface area (Å²) in [5.74, 6) is 0.593. The molecule has 1 heterocycles. The van der Waals surface area contributed by atoms with Gasteiger partial charge < -0.3 is 0 Å². The van der Waals surface area contributed by atoms with Crippen LogP contribution >= 0.6 is 0 Å². The average molecular weight is 163 g/mol. The Labute approximate surface area is 72.6 Å². The van der Waals surface area contributed by atoms with Gasteiger partial charge in [-0.25, -0.2) is 0 Å². The fourth-order valence-electron chi connectivity index (χ4n) is 1.02. The molecule has 0 amide bonds. The lowest BCUT2D eigenvalue weighted by molar-refractivity contribution is 0.0967. The van der Waals surface area contributed by atoms with E-state index in [2.05, 4.69) is 4.98 Å². The Kier molecular flexibility index (Phi) is 2.97. The third-order valence-corrected chi connectivity index (χ3v) is 1.58. The molecular weight excluding hydrogens is 150 g/mol. The standard InChI is InChI=1S/C10H13NO/c1-8(2)6-10(12)9-4-3-5-11-7-9/h3-5,7-8H,6H2,1-2H3. The van der Waals surface area contributed by atoms with E-state index in [-0.39, 0.29) is 5.78 Å². The van der Waals surface area contributed by atoms with E-state index in [0.29, 0.717) is 17.9 Å². The molecule has 1 aromatic rings. The highest BCUT2D eigenvalue weighted by Gasteiger charge is 2.06. The molecule has 0 spiro atoms. The predicted molar refractivity (Wildman–Crippen MR) is 48.0 cm³/mol. The van der Waals surface area contributed by atoms with Gasteiger partial charge >= 0.3 is 0 Å². The van der Waals surface area contributed by atoms with Crippen LogP contribution in [-0.4, -0.2) is 10.8 Å². The van der Waals surface area contributed by atoms with Crippen molar-refractivity contribution in [2.75, 3.05) is 0 Å². The summed E-state index contributed by atoms with van der Waals surface area (Å²) in [5.41, 5.74) is 0.714. The highest BCUT2D eigenvalue weighted by Crippen LogP contribution is 2.07. The summed E-state index contributed by atoms with van der Waals surface area (Å²) in [4.78, 5) is 15.3. The molecule has 2 heteroatoms. The number of pyridine rings is 1. The molecule has 0 saturated carbocycles. The predicted octanol–water partition coefficient (Wildman–Crippen LogP) is 2.31. The summed E-state index contributed by atoms with van der Waals surface area (Å²) >= 11 is 0. The molecule has 0 radical (unpaired) electrons. The molecule has 0 aliphatic rings. The Hall–Kier alpha value is -1.18. The minimum absolute atomic E-state index is 0.179. The normalized spacial score (nSPS) is 10.2. The van der Waals surface area contributed by atoms with Crippen LogP contribution in [0.3, 0.4) is 0 Å². The summed E-state index contributed by atoms with van der Waals surface area (Å²) < 4.78 is 0. The fourth-order valence-corrected chi connectivity index (χ4v) is 1.02. The molecule has 0 atom stereocenters. The van der Waals surface area contributed by atoms with E-state index in [1.165, 1.54) is 0 Å². The van der Waals surface area contributed by atoms with Crippen LogP contribution in [-0.2, 0) is 0 Å². The molecule has 0 fully saturated rings. The van der Waals surface area contributed by atoms with E-state index in [1.807, 2.05) is 13.8 Å². The van der Waals surface area contributed by atoms with E-state index in [1.54, 1.807) is 24.5 Å². The number of carbonyl (C=O) groups is 1. The van der Waals surface area contributed by atoms with Gasteiger partial charge in [-0.3, -0.25) is 9.78 Å². The van der Waals surface area contributed by atoms with Crippen LogP contribution in [0.15, 0.2) is 24.5 Å². The second kappa shape index (κ2) is 4.00. The minimum atomic E-state index is 0.179. The molecule has 2 nitrogen and oxygen atoms in total. The first-order valence-corrected chi connectivity index (χ1v) is 4.13. The number of rotatable bonds is 3. The van der Waals surface area contributed by atoms with Gasteiger partial charge in [-0.2, -0.15) is 0 Å². The number of hydrogen-bond acceptors (Lipinski definition) is 2. The second-order valence-corrected chi connectivity index (χ2v) is 3.26. The quantitative estimate of drug-likeness (QED) is 0.640. The van der Waals surface area contributed by atoms with Gasteiger partial charge in [-0.1, -0.05) is 13.8 Å². The summed E-state index contributed by atoms with van der Waals surface area (Å²) in [6, 6.07) is 3.59. The first-order chi connectivity index (χ1) is 5.70. The van der Waals surface area contributed by atoms with E-state index >= 15 is 0 Å². The van der Waals surface area contributed by atoms with E-state index in [0.717, 1.165) is 0 Å². The Morgan fingerprint density at radius 3 is 2.83 bits per heavy atom. The van der Waals surface area contributed by atoms with Crippen molar-refractivity contribution in [2.45, 2.75) is 20.3 Å². The van der Waals surface area contributed by atoms with Crippen molar-refractivity contribution in [3.8, 4) is 0 Å². The molecular formula is C10H13NO.